The van der Waals surface area contributed by atoms with E-state index in [9.17, 15) is 14.7 Å². The molecule has 1 aliphatic rings. The monoisotopic (exact) mass is 472 g/mol. The summed E-state index contributed by atoms with van der Waals surface area (Å²) in [7, 11) is 1.53. The maximum absolute atomic E-state index is 13.3. The molecule has 7 heteroatoms. The van der Waals surface area contributed by atoms with Gasteiger partial charge < -0.3 is 14.6 Å². The zero-order valence-electron chi connectivity index (χ0n) is 20.2. The van der Waals surface area contributed by atoms with Gasteiger partial charge in [0, 0.05) is 29.7 Å². The van der Waals surface area contributed by atoms with Crippen molar-refractivity contribution in [2.24, 2.45) is 5.92 Å². The first kappa shape index (κ1) is 24.0. The Morgan fingerprint density at radius 3 is 2.49 bits per heavy atom. The van der Waals surface area contributed by atoms with Crippen LogP contribution >= 0.6 is 0 Å². The number of hydrogen-bond acceptors (Lipinski definition) is 6. The number of aliphatic hydroxyl groups excluding tert-OH is 1. The SMILES string of the molecule is COc1cccc(N2C(=O)C(=O)/C(=C(/O)c3ccc(OCC(C)C)c(C)c3)C2c2ccncc2)c1. The summed E-state index contributed by atoms with van der Waals surface area (Å²) in [5, 5.41) is 11.3. The molecule has 1 amide bonds. The smallest absolute Gasteiger partial charge is 0.300 e. The molecular formula is C28H28N2O5. The van der Waals surface area contributed by atoms with E-state index in [4.69, 9.17) is 9.47 Å². The fraction of sp³-hybridized carbons (Fsp3) is 0.250. The van der Waals surface area contributed by atoms with Gasteiger partial charge in [-0.2, -0.15) is 0 Å². The number of aryl methyl sites for hydroxylation is 1. The number of pyridine rings is 1. The molecule has 0 spiro atoms. The number of Topliss-reactive ketones (excluding diaryl/α,β-unsaturated/α-hetero) is 1. The quantitative estimate of drug-likeness (QED) is 0.294. The van der Waals surface area contributed by atoms with Gasteiger partial charge in [0.25, 0.3) is 11.7 Å². The molecule has 1 aliphatic heterocycles. The molecule has 0 aliphatic carbocycles. The fourth-order valence-corrected chi connectivity index (χ4v) is 4.09. The largest absolute Gasteiger partial charge is 0.507 e. The molecule has 2 heterocycles. The van der Waals surface area contributed by atoms with Gasteiger partial charge >= 0.3 is 0 Å². The van der Waals surface area contributed by atoms with Crippen LogP contribution in [0.3, 0.4) is 0 Å². The average Bonchev–Trinajstić information content (AvgIpc) is 3.13. The van der Waals surface area contributed by atoms with Crippen molar-refractivity contribution >= 4 is 23.1 Å². The van der Waals surface area contributed by atoms with Crippen molar-refractivity contribution in [3.05, 3.63) is 89.3 Å². The lowest BCUT2D eigenvalue weighted by molar-refractivity contribution is -0.132. The zero-order valence-corrected chi connectivity index (χ0v) is 20.2. The number of ether oxygens (including phenoxy) is 2. The molecule has 35 heavy (non-hydrogen) atoms. The zero-order chi connectivity index (χ0) is 25.1. The molecule has 4 rings (SSSR count). The Bertz CT molecular complexity index is 1280. The molecule has 1 saturated heterocycles. The molecule has 0 bridgehead atoms. The summed E-state index contributed by atoms with van der Waals surface area (Å²) < 4.78 is 11.2. The minimum Gasteiger partial charge on any atom is -0.507 e. The first-order valence-electron chi connectivity index (χ1n) is 11.4. The van der Waals surface area contributed by atoms with Crippen LogP contribution in [0.1, 0.15) is 36.6 Å². The summed E-state index contributed by atoms with van der Waals surface area (Å²) in [6, 6.07) is 14.8. The van der Waals surface area contributed by atoms with Crippen LogP contribution in [0.2, 0.25) is 0 Å². The van der Waals surface area contributed by atoms with E-state index in [0.717, 1.165) is 5.56 Å². The van der Waals surface area contributed by atoms with Crippen molar-refractivity contribution in [2.45, 2.75) is 26.8 Å². The third-order valence-electron chi connectivity index (χ3n) is 5.82. The van der Waals surface area contributed by atoms with Gasteiger partial charge in [0.2, 0.25) is 0 Å². The number of anilines is 1. The second kappa shape index (κ2) is 10.0. The second-order valence-corrected chi connectivity index (χ2v) is 8.84. The highest BCUT2D eigenvalue weighted by atomic mass is 16.5. The summed E-state index contributed by atoms with van der Waals surface area (Å²) in [6.45, 7) is 6.58. The van der Waals surface area contributed by atoms with Crippen LogP contribution in [0.15, 0.2) is 72.6 Å². The Balaban J connectivity index is 1.84. The third kappa shape index (κ3) is 4.75. The van der Waals surface area contributed by atoms with Gasteiger partial charge in [0.05, 0.1) is 25.3 Å². The van der Waals surface area contributed by atoms with Crippen molar-refractivity contribution in [3.63, 3.8) is 0 Å². The van der Waals surface area contributed by atoms with Gasteiger partial charge in [-0.3, -0.25) is 19.5 Å². The van der Waals surface area contributed by atoms with Gasteiger partial charge in [-0.15, -0.1) is 0 Å². The predicted molar refractivity (Wildman–Crippen MR) is 134 cm³/mol. The molecule has 1 atom stereocenters. The normalized spacial score (nSPS) is 17.2. The second-order valence-electron chi connectivity index (χ2n) is 8.84. The van der Waals surface area contributed by atoms with Crippen molar-refractivity contribution < 1.29 is 24.2 Å². The van der Waals surface area contributed by atoms with E-state index in [1.807, 2.05) is 6.92 Å². The molecule has 1 N–H and O–H groups in total. The first-order chi connectivity index (χ1) is 16.8. The highest BCUT2D eigenvalue weighted by Crippen LogP contribution is 2.42. The molecule has 1 unspecified atom stereocenters. The van der Waals surface area contributed by atoms with Gasteiger partial charge in [-0.1, -0.05) is 19.9 Å². The van der Waals surface area contributed by atoms with Crippen LogP contribution in [0.25, 0.3) is 5.76 Å². The van der Waals surface area contributed by atoms with Crippen LogP contribution < -0.4 is 14.4 Å². The number of aliphatic hydroxyl groups is 1. The Kier molecular flexibility index (Phi) is 6.87. The summed E-state index contributed by atoms with van der Waals surface area (Å²) in [5.41, 5.74) is 2.40. The maximum Gasteiger partial charge on any atom is 0.300 e. The fourth-order valence-electron chi connectivity index (χ4n) is 4.09. The number of ketones is 1. The van der Waals surface area contributed by atoms with Crippen molar-refractivity contribution in [2.75, 3.05) is 18.6 Å². The predicted octanol–water partition coefficient (Wildman–Crippen LogP) is 5.06. The minimum absolute atomic E-state index is 0.0132. The molecule has 0 radical (unpaired) electrons. The molecule has 0 saturated carbocycles. The Labute approximate surface area is 204 Å². The van der Waals surface area contributed by atoms with E-state index in [2.05, 4.69) is 18.8 Å². The molecule has 180 valence electrons. The van der Waals surface area contributed by atoms with E-state index in [1.54, 1.807) is 67.0 Å². The number of aromatic nitrogens is 1. The van der Waals surface area contributed by atoms with Crippen LogP contribution in [0.4, 0.5) is 5.69 Å². The van der Waals surface area contributed by atoms with E-state index >= 15 is 0 Å². The summed E-state index contributed by atoms with van der Waals surface area (Å²) in [5.74, 6) is -0.104. The lowest BCUT2D eigenvalue weighted by Crippen LogP contribution is -2.29. The molecule has 3 aromatic rings. The van der Waals surface area contributed by atoms with Crippen LogP contribution in [-0.4, -0.2) is 35.5 Å². The highest BCUT2D eigenvalue weighted by Gasteiger charge is 2.47. The number of nitrogens with zero attached hydrogens (tertiary/aromatic N) is 2. The van der Waals surface area contributed by atoms with Crippen LogP contribution in [-0.2, 0) is 9.59 Å². The number of methoxy groups -OCH3 is 1. The maximum atomic E-state index is 13.3. The standard InChI is InChI=1S/C28H28N2O5/c1-17(2)16-35-23-9-8-20(14-18(23)3)26(31)24-25(19-10-12-29-13-11-19)30(28(33)27(24)32)21-6-5-7-22(15-21)34-4/h5-15,17,25,31H,16H2,1-4H3/b26-24+. The Morgan fingerprint density at radius 1 is 1.09 bits per heavy atom. The summed E-state index contributed by atoms with van der Waals surface area (Å²) >= 11 is 0. The molecule has 1 aromatic heterocycles. The van der Waals surface area contributed by atoms with E-state index in [0.29, 0.717) is 40.8 Å². The van der Waals surface area contributed by atoms with Crippen molar-refractivity contribution in [3.8, 4) is 11.5 Å². The van der Waals surface area contributed by atoms with Crippen LogP contribution in [0, 0.1) is 12.8 Å². The molecule has 7 nitrogen and oxygen atoms in total. The lowest BCUT2D eigenvalue weighted by Gasteiger charge is -2.25. The summed E-state index contributed by atoms with van der Waals surface area (Å²) in [6.07, 6.45) is 3.18. The van der Waals surface area contributed by atoms with Gasteiger partial charge in [0.1, 0.15) is 17.3 Å². The average molecular weight is 473 g/mol. The Morgan fingerprint density at radius 2 is 1.83 bits per heavy atom. The van der Waals surface area contributed by atoms with Crippen molar-refractivity contribution in [1.82, 2.24) is 4.98 Å². The van der Waals surface area contributed by atoms with E-state index in [-0.39, 0.29) is 11.3 Å². The number of rotatable bonds is 7. The number of hydrogen-bond donors (Lipinski definition) is 1. The summed E-state index contributed by atoms with van der Waals surface area (Å²) in [4.78, 5) is 32.0. The van der Waals surface area contributed by atoms with Gasteiger partial charge in [-0.25, -0.2) is 0 Å². The minimum atomic E-state index is -0.831. The molecule has 2 aromatic carbocycles. The number of carbonyl (C=O) groups excluding carboxylic acids is 2. The van der Waals surface area contributed by atoms with E-state index in [1.165, 1.54) is 12.0 Å². The Hall–Kier alpha value is -4.13. The van der Waals surface area contributed by atoms with Crippen LogP contribution in [0.5, 0.6) is 11.5 Å². The lowest BCUT2D eigenvalue weighted by atomic mass is 9.95. The third-order valence-corrected chi connectivity index (χ3v) is 5.82. The van der Waals surface area contributed by atoms with Gasteiger partial charge in [-0.05, 0) is 66.4 Å². The molecule has 1 fully saturated rings. The van der Waals surface area contributed by atoms with Gasteiger partial charge in [0.15, 0.2) is 0 Å². The number of amides is 1. The number of carbonyl (C=O) groups is 2. The number of benzene rings is 2. The molecular weight excluding hydrogens is 444 g/mol. The van der Waals surface area contributed by atoms with E-state index < -0.39 is 17.7 Å². The highest BCUT2D eigenvalue weighted by molar-refractivity contribution is 6.51. The van der Waals surface area contributed by atoms with Crippen molar-refractivity contribution in [1.29, 1.82) is 0 Å². The topological polar surface area (TPSA) is 89.0 Å². The first-order valence-corrected chi connectivity index (χ1v) is 11.4.